The molecule has 8 heteroatoms. The molecule has 2 amide bonds. The molecule has 1 aromatic carbocycles. The highest BCUT2D eigenvalue weighted by atomic mass is 35.5. The molecule has 0 aliphatic carbocycles. The van der Waals surface area contributed by atoms with Gasteiger partial charge in [0, 0.05) is 23.4 Å². The number of nitrogens with one attached hydrogen (secondary N) is 2. The summed E-state index contributed by atoms with van der Waals surface area (Å²) in [6, 6.07) is 3.70. The molecule has 0 atom stereocenters. The van der Waals surface area contributed by atoms with E-state index in [9.17, 15) is 9.59 Å². The lowest BCUT2D eigenvalue weighted by molar-refractivity contribution is 0.0698. The van der Waals surface area contributed by atoms with Crippen LogP contribution in [-0.2, 0) is 6.42 Å². The smallest absolute Gasteiger partial charge is 0.337 e. The number of carbonyl (C=O) groups excluding carboxylic acids is 1. The predicted octanol–water partition coefficient (Wildman–Crippen LogP) is 2.86. The molecule has 0 fully saturated rings. The van der Waals surface area contributed by atoms with Crippen LogP contribution in [-0.4, -0.2) is 28.6 Å². The molecule has 2 aromatic rings. The summed E-state index contributed by atoms with van der Waals surface area (Å²) >= 11 is 7.29. The summed E-state index contributed by atoms with van der Waals surface area (Å²) in [6.45, 7) is 0.401. The fraction of sp³-hybridized carbons (Fsp3) is 0.154. The number of urea groups is 1. The molecule has 110 valence electrons. The van der Waals surface area contributed by atoms with Crippen molar-refractivity contribution in [3.8, 4) is 0 Å². The van der Waals surface area contributed by atoms with E-state index >= 15 is 0 Å². The van der Waals surface area contributed by atoms with Crippen molar-refractivity contribution in [1.29, 1.82) is 0 Å². The van der Waals surface area contributed by atoms with Gasteiger partial charge in [-0.3, -0.25) is 0 Å². The molecule has 0 spiro atoms. The van der Waals surface area contributed by atoms with Crippen LogP contribution in [0, 0.1) is 0 Å². The maximum atomic E-state index is 11.8. The lowest BCUT2D eigenvalue weighted by atomic mass is 10.2. The van der Waals surface area contributed by atoms with Crippen molar-refractivity contribution in [1.82, 2.24) is 10.3 Å². The van der Waals surface area contributed by atoms with Gasteiger partial charge < -0.3 is 15.7 Å². The number of carbonyl (C=O) groups is 2. The Labute approximate surface area is 129 Å². The number of carboxylic acid groups (broad SMARTS) is 1. The van der Waals surface area contributed by atoms with Crippen LogP contribution in [0.3, 0.4) is 0 Å². The average Bonchev–Trinajstić information content (AvgIpc) is 2.91. The summed E-state index contributed by atoms with van der Waals surface area (Å²) in [6.07, 6.45) is 0.609. The highest BCUT2D eigenvalue weighted by Gasteiger charge is 2.12. The van der Waals surface area contributed by atoms with Crippen molar-refractivity contribution in [3.63, 3.8) is 0 Å². The van der Waals surface area contributed by atoms with Crippen molar-refractivity contribution >= 4 is 40.6 Å². The van der Waals surface area contributed by atoms with Crippen molar-refractivity contribution in [2.45, 2.75) is 6.42 Å². The Kier molecular flexibility index (Phi) is 5.13. The van der Waals surface area contributed by atoms with Gasteiger partial charge in [0.2, 0.25) is 0 Å². The number of amides is 2. The van der Waals surface area contributed by atoms with E-state index in [1.165, 1.54) is 29.5 Å². The topological polar surface area (TPSA) is 91.3 Å². The fourth-order valence-corrected chi connectivity index (χ4v) is 2.40. The molecule has 1 heterocycles. The lowest BCUT2D eigenvalue weighted by Gasteiger charge is -2.10. The summed E-state index contributed by atoms with van der Waals surface area (Å²) in [5.74, 6) is -1.13. The normalized spacial score (nSPS) is 10.1. The lowest BCUT2D eigenvalue weighted by Crippen LogP contribution is -2.31. The molecule has 0 aliphatic rings. The zero-order chi connectivity index (χ0) is 15.2. The number of benzene rings is 1. The predicted molar refractivity (Wildman–Crippen MR) is 81.3 cm³/mol. The van der Waals surface area contributed by atoms with Gasteiger partial charge in [0.25, 0.3) is 0 Å². The molecule has 21 heavy (non-hydrogen) atoms. The summed E-state index contributed by atoms with van der Waals surface area (Å²) < 4.78 is 0. The van der Waals surface area contributed by atoms with Gasteiger partial charge in [0.1, 0.15) is 0 Å². The van der Waals surface area contributed by atoms with E-state index in [2.05, 4.69) is 15.6 Å². The first-order valence-corrected chi connectivity index (χ1v) is 7.33. The average molecular weight is 326 g/mol. The van der Waals surface area contributed by atoms with E-state index in [4.69, 9.17) is 16.7 Å². The van der Waals surface area contributed by atoms with Crippen molar-refractivity contribution < 1.29 is 14.7 Å². The van der Waals surface area contributed by atoms with Gasteiger partial charge in [-0.25, -0.2) is 14.6 Å². The van der Waals surface area contributed by atoms with Crippen LogP contribution in [0.4, 0.5) is 10.5 Å². The van der Waals surface area contributed by atoms with Gasteiger partial charge in [-0.1, -0.05) is 11.6 Å². The SMILES string of the molecule is O=C(NCCc1cscn1)Nc1cc(Cl)ccc1C(=O)O. The maximum absolute atomic E-state index is 11.8. The minimum Gasteiger partial charge on any atom is -0.478 e. The molecule has 0 saturated carbocycles. The Morgan fingerprint density at radius 3 is 2.86 bits per heavy atom. The van der Waals surface area contributed by atoms with E-state index in [1.54, 1.807) is 5.51 Å². The Hall–Kier alpha value is -2.12. The first-order valence-electron chi connectivity index (χ1n) is 6.01. The van der Waals surface area contributed by atoms with Gasteiger partial charge >= 0.3 is 12.0 Å². The van der Waals surface area contributed by atoms with E-state index in [0.29, 0.717) is 18.0 Å². The molecule has 0 unspecified atom stereocenters. The number of nitrogens with zero attached hydrogens (tertiary/aromatic N) is 1. The Morgan fingerprint density at radius 2 is 2.19 bits per heavy atom. The monoisotopic (exact) mass is 325 g/mol. The number of rotatable bonds is 5. The minimum absolute atomic E-state index is 0.0194. The maximum Gasteiger partial charge on any atom is 0.337 e. The van der Waals surface area contributed by atoms with Gasteiger partial charge in [-0.05, 0) is 18.2 Å². The third kappa shape index (κ3) is 4.44. The van der Waals surface area contributed by atoms with Crippen LogP contribution >= 0.6 is 22.9 Å². The molecule has 0 aliphatic heterocycles. The molecule has 0 radical (unpaired) electrons. The molecule has 0 saturated heterocycles. The summed E-state index contributed by atoms with van der Waals surface area (Å²) in [5.41, 5.74) is 2.75. The van der Waals surface area contributed by atoms with Gasteiger partial charge in [0.05, 0.1) is 22.5 Å². The molecule has 0 bridgehead atoms. The number of carboxylic acids is 1. The molecular weight excluding hydrogens is 314 g/mol. The first-order chi connectivity index (χ1) is 10.1. The highest BCUT2D eigenvalue weighted by molar-refractivity contribution is 7.07. The third-order valence-corrected chi connectivity index (χ3v) is 3.48. The summed E-state index contributed by atoms with van der Waals surface area (Å²) in [5, 5.41) is 16.4. The first kappa shape index (κ1) is 15.3. The van der Waals surface area contributed by atoms with Gasteiger partial charge in [0.15, 0.2) is 0 Å². The minimum atomic E-state index is -1.13. The van der Waals surface area contributed by atoms with Gasteiger partial charge in [-0.2, -0.15) is 0 Å². The van der Waals surface area contributed by atoms with Crippen LogP contribution in [0.2, 0.25) is 5.02 Å². The molecular formula is C13H12ClN3O3S. The molecule has 2 rings (SSSR count). The van der Waals surface area contributed by atoms with Crippen molar-refractivity contribution in [3.05, 3.63) is 45.4 Å². The second-order valence-corrected chi connectivity index (χ2v) is 5.26. The molecule has 6 nitrogen and oxygen atoms in total. The number of halogens is 1. The van der Waals surface area contributed by atoms with Crippen molar-refractivity contribution in [2.24, 2.45) is 0 Å². The number of thiazole rings is 1. The van der Waals surface area contributed by atoms with E-state index in [1.807, 2.05) is 5.38 Å². The van der Waals surface area contributed by atoms with Crippen LogP contribution < -0.4 is 10.6 Å². The number of hydrogen-bond donors (Lipinski definition) is 3. The van der Waals surface area contributed by atoms with Gasteiger partial charge in [-0.15, -0.1) is 11.3 Å². The zero-order valence-corrected chi connectivity index (χ0v) is 12.4. The number of aromatic nitrogens is 1. The third-order valence-electron chi connectivity index (χ3n) is 2.61. The highest BCUT2D eigenvalue weighted by Crippen LogP contribution is 2.21. The second kappa shape index (κ2) is 7.05. The van der Waals surface area contributed by atoms with E-state index in [-0.39, 0.29) is 11.3 Å². The fourth-order valence-electron chi connectivity index (χ4n) is 1.64. The van der Waals surface area contributed by atoms with Crippen LogP contribution in [0.1, 0.15) is 16.1 Å². The van der Waals surface area contributed by atoms with Crippen LogP contribution in [0.25, 0.3) is 0 Å². The second-order valence-electron chi connectivity index (χ2n) is 4.11. The largest absolute Gasteiger partial charge is 0.478 e. The Bertz CT molecular complexity index is 646. The molecule has 1 aromatic heterocycles. The number of anilines is 1. The quantitative estimate of drug-likeness (QED) is 0.788. The number of aromatic carboxylic acids is 1. The molecule has 3 N–H and O–H groups in total. The Morgan fingerprint density at radius 1 is 1.38 bits per heavy atom. The standard InChI is InChI=1S/C13H12ClN3O3S/c14-8-1-2-10(12(18)19)11(5-8)17-13(20)15-4-3-9-6-21-7-16-9/h1-2,5-7H,3-4H2,(H,18,19)(H2,15,17,20). The summed E-state index contributed by atoms with van der Waals surface area (Å²) in [7, 11) is 0. The van der Waals surface area contributed by atoms with E-state index < -0.39 is 12.0 Å². The van der Waals surface area contributed by atoms with Crippen LogP contribution in [0.15, 0.2) is 29.1 Å². The zero-order valence-electron chi connectivity index (χ0n) is 10.8. The van der Waals surface area contributed by atoms with Crippen LogP contribution in [0.5, 0.6) is 0 Å². The number of hydrogen-bond acceptors (Lipinski definition) is 4. The Balaban J connectivity index is 1.93. The summed E-state index contributed by atoms with van der Waals surface area (Å²) in [4.78, 5) is 26.9. The van der Waals surface area contributed by atoms with Crippen molar-refractivity contribution in [2.75, 3.05) is 11.9 Å². The van der Waals surface area contributed by atoms with E-state index in [0.717, 1.165) is 5.69 Å².